The average molecular weight is 338 g/mol. The maximum Gasteiger partial charge on any atom is 0.251 e. The van der Waals surface area contributed by atoms with Crippen LogP contribution >= 0.6 is 23.4 Å². The number of fused-ring (bicyclic) bond motifs is 1. The predicted octanol–water partition coefficient (Wildman–Crippen LogP) is 3.25. The van der Waals surface area contributed by atoms with E-state index in [1.165, 1.54) is 0 Å². The third-order valence-electron chi connectivity index (χ3n) is 3.32. The van der Waals surface area contributed by atoms with Gasteiger partial charge in [-0.25, -0.2) is 4.68 Å². The van der Waals surface area contributed by atoms with Crippen LogP contribution in [0.3, 0.4) is 0 Å². The van der Waals surface area contributed by atoms with Crippen LogP contribution in [0.25, 0.3) is 5.69 Å². The lowest BCUT2D eigenvalue weighted by Gasteiger charge is -2.11. The zero-order valence-electron chi connectivity index (χ0n) is 12.1. The fraction of sp³-hybridized carbons (Fsp3) is 0.333. The van der Waals surface area contributed by atoms with Gasteiger partial charge >= 0.3 is 0 Å². The number of thioether (sulfide) groups is 1. The molecule has 1 N–H and O–H groups in total. The lowest BCUT2D eigenvalue weighted by atomic mass is 10.2. The second-order valence-corrected chi connectivity index (χ2v) is 6.26. The summed E-state index contributed by atoms with van der Waals surface area (Å²) in [5.41, 5.74) is 2.98. The van der Waals surface area contributed by atoms with E-state index >= 15 is 0 Å². The van der Waals surface area contributed by atoms with E-state index in [4.69, 9.17) is 16.3 Å². The molecular formula is C15H16ClN3O2S. The molecule has 1 aliphatic rings. The normalized spacial score (nSPS) is 13.2. The first-order valence-corrected chi connectivity index (χ1v) is 8.54. The number of nitrogens with zero attached hydrogens (tertiary/aromatic N) is 2. The molecule has 1 aromatic heterocycles. The highest BCUT2D eigenvalue weighted by molar-refractivity contribution is 7.98. The fourth-order valence-corrected chi connectivity index (χ4v) is 3.43. The zero-order valence-corrected chi connectivity index (χ0v) is 13.7. The Morgan fingerprint density at radius 2 is 2.18 bits per heavy atom. The van der Waals surface area contributed by atoms with Crippen LogP contribution in [0.1, 0.15) is 18.2 Å². The average Bonchev–Trinajstić information content (AvgIpc) is 3.09. The number of ether oxygens (including phenoxy) is 1. The number of hydrogen-bond donors (Lipinski definition) is 1. The van der Waals surface area contributed by atoms with Crippen molar-refractivity contribution < 1.29 is 9.53 Å². The number of rotatable bonds is 5. The summed E-state index contributed by atoms with van der Waals surface area (Å²) in [5.74, 6) is 2.28. The SMILES string of the molecule is CCOCC(=O)Nc1c2c(nn1-c1ccc(Cl)cc1)CSC2. The van der Waals surface area contributed by atoms with Crippen molar-refractivity contribution in [1.29, 1.82) is 0 Å². The largest absolute Gasteiger partial charge is 0.372 e. The van der Waals surface area contributed by atoms with E-state index in [9.17, 15) is 4.79 Å². The quantitative estimate of drug-likeness (QED) is 0.910. The molecule has 3 rings (SSSR count). The minimum absolute atomic E-state index is 0.0458. The Hall–Kier alpha value is -1.50. The molecule has 2 aromatic rings. The van der Waals surface area contributed by atoms with Crippen LogP contribution in [0, 0.1) is 0 Å². The van der Waals surface area contributed by atoms with Gasteiger partial charge in [0.05, 0.1) is 11.4 Å². The van der Waals surface area contributed by atoms with Crippen LogP contribution in [0.2, 0.25) is 5.02 Å². The maximum atomic E-state index is 12.0. The Labute approximate surface area is 138 Å². The molecule has 0 unspecified atom stereocenters. The smallest absolute Gasteiger partial charge is 0.251 e. The van der Waals surface area contributed by atoms with Gasteiger partial charge in [0.2, 0.25) is 0 Å². The number of carbonyl (C=O) groups is 1. The van der Waals surface area contributed by atoms with E-state index in [-0.39, 0.29) is 12.5 Å². The molecule has 0 atom stereocenters. The molecule has 0 radical (unpaired) electrons. The lowest BCUT2D eigenvalue weighted by Crippen LogP contribution is -2.21. The van der Waals surface area contributed by atoms with E-state index in [1.807, 2.05) is 31.2 Å². The van der Waals surface area contributed by atoms with Crippen molar-refractivity contribution in [2.24, 2.45) is 0 Å². The molecule has 1 aromatic carbocycles. The van der Waals surface area contributed by atoms with Crippen molar-refractivity contribution in [3.8, 4) is 5.69 Å². The minimum Gasteiger partial charge on any atom is -0.372 e. The van der Waals surface area contributed by atoms with Gasteiger partial charge in [0.25, 0.3) is 5.91 Å². The van der Waals surface area contributed by atoms with Crippen LogP contribution in [0.15, 0.2) is 24.3 Å². The number of halogens is 1. The highest BCUT2D eigenvalue weighted by Gasteiger charge is 2.24. The van der Waals surface area contributed by atoms with Gasteiger partial charge in [-0.1, -0.05) is 11.6 Å². The summed E-state index contributed by atoms with van der Waals surface area (Å²) in [5, 5.41) is 8.22. The number of benzene rings is 1. The van der Waals surface area contributed by atoms with E-state index < -0.39 is 0 Å². The van der Waals surface area contributed by atoms with Gasteiger partial charge in [0, 0.05) is 28.7 Å². The standard InChI is InChI=1S/C15H16ClN3O2S/c1-2-21-7-14(20)17-15-12-8-22-9-13(12)18-19(15)11-5-3-10(16)4-6-11/h3-6H,2,7-9H2,1H3,(H,17,20). The third kappa shape index (κ3) is 3.14. The molecule has 2 heterocycles. The Balaban J connectivity index is 1.93. The van der Waals surface area contributed by atoms with E-state index in [2.05, 4.69) is 10.4 Å². The first kappa shape index (κ1) is 15.4. The van der Waals surface area contributed by atoms with E-state index in [0.29, 0.717) is 11.6 Å². The molecule has 7 heteroatoms. The number of amides is 1. The third-order valence-corrected chi connectivity index (χ3v) is 4.54. The highest BCUT2D eigenvalue weighted by Crippen LogP contribution is 2.36. The number of aromatic nitrogens is 2. The van der Waals surface area contributed by atoms with Crippen LogP contribution in [0.5, 0.6) is 0 Å². The monoisotopic (exact) mass is 337 g/mol. The maximum absolute atomic E-state index is 12.0. The Morgan fingerprint density at radius 3 is 2.91 bits per heavy atom. The van der Waals surface area contributed by atoms with E-state index in [1.54, 1.807) is 16.4 Å². The number of hydrogen-bond acceptors (Lipinski definition) is 4. The second kappa shape index (κ2) is 6.73. The molecule has 1 amide bonds. The number of carbonyl (C=O) groups excluding carboxylic acids is 1. The number of nitrogens with one attached hydrogen (secondary N) is 1. The molecule has 116 valence electrons. The molecule has 22 heavy (non-hydrogen) atoms. The zero-order chi connectivity index (χ0) is 15.5. The summed E-state index contributed by atoms with van der Waals surface area (Å²) >= 11 is 7.73. The van der Waals surface area contributed by atoms with Gasteiger partial charge in [0.1, 0.15) is 12.4 Å². The second-order valence-electron chi connectivity index (χ2n) is 4.84. The highest BCUT2D eigenvalue weighted by atomic mass is 35.5. The van der Waals surface area contributed by atoms with Gasteiger partial charge in [-0.3, -0.25) is 4.79 Å². The number of anilines is 1. The van der Waals surface area contributed by atoms with Gasteiger partial charge < -0.3 is 10.1 Å². The molecule has 0 saturated heterocycles. The van der Waals surface area contributed by atoms with Crippen molar-refractivity contribution in [1.82, 2.24) is 9.78 Å². The molecule has 0 saturated carbocycles. The van der Waals surface area contributed by atoms with Crippen LogP contribution < -0.4 is 5.32 Å². The van der Waals surface area contributed by atoms with Crippen molar-refractivity contribution >= 4 is 35.1 Å². The van der Waals surface area contributed by atoms with Crippen molar-refractivity contribution in [2.75, 3.05) is 18.5 Å². The van der Waals surface area contributed by atoms with Crippen LogP contribution in [-0.2, 0) is 21.0 Å². The Bertz CT molecular complexity index is 685. The summed E-state index contributed by atoms with van der Waals surface area (Å²) in [7, 11) is 0. The van der Waals surface area contributed by atoms with Crippen molar-refractivity contribution in [2.45, 2.75) is 18.4 Å². The Kier molecular flexibility index (Phi) is 4.71. The molecule has 0 spiro atoms. The Morgan fingerprint density at radius 1 is 1.41 bits per heavy atom. The molecule has 0 bridgehead atoms. The minimum atomic E-state index is -0.170. The predicted molar refractivity (Wildman–Crippen MR) is 88.7 cm³/mol. The molecule has 1 aliphatic heterocycles. The van der Waals surface area contributed by atoms with E-state index in [0.717, 1.165) is 34.3 Å². The summed E-state index contributed by atoms with van der Waals surface area (Å²) in [6.45, 7) is 2.42. The summed E-state index contributed by atoms with van der Waals surface area (Å²) in [6.07, 6.45) is 0. The molecule has 0 fully saturated rings. The molecule has 0 aliphatic carbocycles. The summed E-state index contributed by atoms with van der Waals surface area (Å²) < 4.78 is 6.93. The van der Waals surface area contributed by atoms with Gasteiger partial charge in [0.15, 0.2) is 0 Å². The van der Waals surface area contributed by atoms with Crippen molar-refractivity contribution in [3.63, 3.8) is 0 Å². The van der Waals surface area contributed by atoms with Crippen molar-refractivity contribution in [3.05, 3.63) is 40.5 Å². The topological polar surface area (TPSA) is 56.1 Å². The lowest BCUT2D eigenvalue weighted by molar-refractivity contribution is -0.120. The van der Waals surface area contributed by atoms with Gasteiger partial charge in [-0.15, -0.1) is 0 Å². The fourth-order valence-electron chi connectivity index (χ4n) is 2.27. The summed E-state index contributed by atoms with van der Waals surface area (Å²) in [4.78, 5) is 12.0. The first-order valence-electron chi connectivity index (χ1n) is 7.01. The van der Waals surface area contributed by atoms with Crippen LogP contribution in [-0.4, -0.2) is 28.9 Å². The summed E-state index contributed by atoms with van der Waals surface area (Å²) in [6, 6.07) is 7.39. The van der Waals surface area contributed by atoms with Gasteiger partial charge in [-0.2, -0.15) is 16.9 Å². The first-order chi connectivity index (χ1) is 10.7. The van der Waals surface area contributed by atoms with Crippen LogP contribution in [0.4, 0.5) is 5.82 Å². The molecule has 5 nitrogen and oxygen atoms in total. The van der Waals surface area contributed by atoms with Gasteiger partial charge in [-0.05, 0) is 31.2 Å². The molecular weight excluding hydrogens is 322 g/mol.